The van der Waals surface area contributed by atoms with E-state index in [1.165, 1.54) is 38.5 Å². The number of nitrogens with one attached hydrogen (secondary N) is 1. The van der Waals surface area contributed by atoms with Gasteiger partial charge in [-0.3, -0.25) is 4.79 Å². The highest BCUT2D eigenvalue weighted by molar-refractivity contribution is 5.85. The number of nitrogens with zero attached hydrogens (tertiary/aromatic N) is 1. The van der Waals surface area contributed by atoms with Crippen LogP contribution in [0.1, 0.15) is 51.9 Å². The van der Waals surface area contributed by atoms with Crippen molar-refractivity contribution in [2.24, 2.45) is 11.3 Å². The summed E-state index contributed by atoms with van der Waals surface area (Å²) in [4.78, 5) is 14.9. The number of rotatable bonds is 3. The van der Waals surface area contributed by atoms with Gasteiger partial charge in [-0.1, -0.05) is 12.8 Å². The van der Waals surface area contributed by atoms with Gasteiger partial charge in [0, 0.05) is 18.5 Å². The van der Waals surface area contributed by atoms with Gasteiger partial charge in [0.25, 0.3) is 0 Å². The highest BCUT2D eigenvalue weighted by Gasteiger charge is 2.58. The third kappa shape index (κ3) is 2.78. The highest BCUT2D eigenvalue weighted by Crippen LogP contribution is 2.59. The Bertz CT molecular complexity index is 322. The van der Waals surface area contributed by atoms with Crippen molar-refractivity contribution in [3.8, 4) is 0 Å². The Balaban J connectivity index is 0.00000133. The van der Waals surface area contributed by atoms with E-state index in [1.807, 2.05) is 0 Å². The summed E-state index contributed by atoms with van der Waals surface area (Å²) < 4.78 is 0. The van der Waals surface area contributed by atoms with Crippen LogP contribution in [0.3, 0.4) is 0 Å². The van der Waals surface area contributed by atoms with Gasteiger partial charge in [0.1, 0.15) is 0 Å². The molecular formula is C15H27ClN2O. The maximum absolute atomic E-state index is 12.7. The molecule has 1 spiro atoms. The van der Waals surface area contributed by atoms with Crippen LogP contribution in [0.15, 0.2) is 0 Å². The van der Waals surface area contributed by atoms with Crippen LogP contribution in [0.2, 0.25) is 0 Å². The van der Waals surface area contributed by atoms with Gasteiger partial charge in [-0.25, -0.2) is 0 Å². The Morgan fingerprint density at radius 1 is 1.26 bits per heavy atom. The molecular weight excluding hydrogens is 260 g/mol. The van der Waals surface area contributed by atoms with Gasteiger partial charge in [-0.05, 0) is 57.5 Å². The standard InChI is InChI=1S/C15H26N2O.ClH/c1-2-17(12-5-3-4-6-12)14(18)13-11-15(13)7-9-16-10-8-15;/h12-13,16H,2-11H2,1H3;1H. The summed E-state index contributed by atoms with van der Waals surface area (Å²) in [5, 5.41) is 3.41. The molecule has 3 fully saturated rings. The van der Waals surface area contributed by atoms with Crippen molar-refractivity contribution < 1.29 is 4.79 Å². The molecule has 1 heterocycles. The minimum atomic E-state index is 0. The lowest BCUT2D eigenvalue weighted by Crippen LogP contribution is -2.41. The predicted octanol–water partition coefficient (Wildman–Crippen LogP) is 2.59. The fourth-order valence-corrected chi connectivity index (χ4v) is 4.18. The zero-order chi connectivity index (χ0) is 12.6. The third-order valence-corrected chi connectivity index (χ3v) is 5.48. The number of carbonyl (C=O) groups excluding carboxylic acids is 1. The minimum absolute atomic E-state index is 0. The average molecular weight is 287 g/mol. The number of amides is 1. The smallest absolute Gasteiger partial charge is 0.226 e. The molecule has 3 aliphatic rings. The summed E-state index contributed by atoms with van der Waals surface area (Å²) in [6.45, 7) is 5.28. The lowest BCUT2D eigenvalue weighted by atomic mass is 9.91. The van der Waals surface area contributed by atoms with E-state index in [0.717, 1.165) is 26.1 Å². The monoisotopic (exact) mass is 286 g/mol. The van der Waals surface area contributed by atoms with Gasteiger partial charge in [0.05, 0.1) is 0 Å². The SMILES string of the molecule is CCN(C(=O)C1CC12CCNCC2)C1CCCC1.Cl. The highest BCUT2D eigenvalue weighted by atomic mass is 35.5. The molecule has 1 aliphatic heterocycles. The third-order valence-electron chi connectivity index (χ3n) is 5.48. The molecule has 1 unspecified atom stereocenters. The molecule has 19 heavy (non-hydrogen) atoms. The van der Waals surface area contributed by atoms with Crippen molar-refractivity contribution in [2.75, 3.05) is 19.6 Å². The molecule has 0 aromatic heterocycles. The fourth-order valence-electron chi connectivity index (χ4n) is 4.18. The van der Waals surface area contributed by atoms with Crippen molar-refractivity contribution in [3.05, 3.63) is 0 Å². The summed E-state index contributed by atoms with van der Waals surface area (Å²) in [6.07, 6.45) is 8.69. The first kappa shape index (κ1) is 15.1. The second-order valence-electron chi connectivity index (χ2n) is 6.43. The molecule has 1 saturated heterocycles. The van der Waals surface area contributed by atoms with E-state index in [0.29, 0.717) is 23.3 Å². The zero-order valence-electron chi connectivity index (χ0n) is 12.0. The quantitative estimate of drug-likeness (QED) is 0.865. The van der Waals surface area contributed by atoms with Crippen molar-refractivity contribution in [1.29, 1.82) is 0 Å². The Morgan fingerprint density at radius 2 is 1.89 bits per heavy atom. The predicted molar refractivity (Wildman–Crippen MR) is 79.5 cm³/mol. The van der Waals surface area contributed by atoms with Gasteiger partial charge >= 0.3 is 0 Å². The van der Waals surface area contributed by atoms with Crippen molar-refractivity contribution in [2.45, 2.75) is 57.9 Å². The number of hydrogen-bond acceptors (Lipinski definition) is 2. The van der Waals surface area contributed by atoms with E-state index in [1.54, 1.807) is 0 Å². The van der Waals surface area contributed by atoms with Crippen LogP contribution in [0.4, 0.5) is 0 Å². The lowest BCUT2D eigenvalue weighted by Gasteiger charge is -2.30. The van der Waals surface area contributed by atoms with E-state index < -0.39 is 0 Å². The number of hydrogen-bond donors (Lipinski definition) is 1. The Hall–Kier alpha value is -0.280. The normalized spacial score (nSPS) is 29.0. The maximum atomic E-state index is 12.7. The van der Waals surface area contributed by atoms with Crippen LogP contribution in [-0.4, -0.2) is 36.5 Å². The van der Waals surface area contributed by atoms with E-state index >= 15 is 0 Å². The van der Waals surface area contributed by atoms with Gasteiger partial charge in [-0.2, -0.15) is 0 Å². The second-order valence-corrected chi connectivity index (χ2v) is 6.43. The van der Waals surface area contributed by atoms with E-state index in [9.17, 15) is 4.79 Å². The minimum Gasteiger partial charge on any atom is -0.340 e. The Kier molecular flexibility index (Phi) is 4.78. The number of halogens is 1. The van der Waals surface area contributed by atoms with Crippen molar-refractivity contribution in [3.63, 3.8) is 0 Å². The van der Waals surface area contributed by atoms with E-state index in [2.05, 4.69) is 17.1 Å². The summed E-state index contributed by atoms with van der Waals surface area (Å²) in [7, 11) is 0. The second kappa shape index (κ2) is 6.01. The van der Waals surface area contributed by atoms with Crippen molar-refractivity contribution >= 4 is 18.3 Å². The van der Waals surface area contributed by atoms with Gasteiger partial charge in [0.2, 0.25) is 5.91 Å². The van der Waals surface area contributed by atoms with Gasteiger partial charge < -0.3 is 10.2 Å². The molecule has 0 aromatic rings. The molecule has 2 aliphatic carbocycles. The zero-order valence-corrected chi connectivity index (χ0v) is 12.8. The molecule has 1 N–H and O–H groups in total. The molecule has 3 rings (SSSR count). The molecule has 0 aromatic carbocycles. The van der Waals surface area contributed by atoms with Crippen LogP contribution >= 0.6 is 12.4 Å². The first-order valence-electron chi connectivity index (χ1n) is 7.78. The number of carbonyl (C=O) groups is 1. The molecule has 3 nitrogen and oxygen atoms in total. The lowest BCUT2D eigenvalue weighted by molar-refractivity contribution is -0.135. The van der Waals surface area contributed by atoms with E-state index in [-0.39, 0.29) is 12.4 Å². The molecule has 4 heteroatoms. The van der Waals surface area contributed by atoms with Gasteiger partial charge in [-0.15, -0.1) is 12.4 Å². The van der Waals surface area contributed by atoms with Crippen LogP contribution in [-0.2, 0) is 4.79 Å². The Labute approximate surface area is 122 Å². The first-order chi connectivity index (χ1) is 8.77. The van der Waals surface area contributed by atoms with Crippen LogP contribution in [0.25, 0.3) is 0 Å². The van der Waals surface area contributed by atoms with Gasteiger partial charge in [0.15, 0.2) is 0 Å². The number of piperidine rings is 1. The molecule has 1 amide bonds. The van der Waals surface area contributed by atoms with E-state index in [4.69, 9.17) is 0 Å². The molecule has 110 valence electrons. The largest absolute Gasteiger partial charge is 0.340 e. The molecule has 0 bridgehead atoms. The summed E-state index contributed by atoms with van der Waals surface area (Å²) >= 11 is 0. The molecule has 0 radical (unpaired) electrons. The molecule has 2 saturated carbocycles. The van der Waals surface area contributed by atoms with Crippen molar-refractivity contribution in [1.82, 2.24) is 10.2 Å². The fraction of sp³-hybridized carbons (Fsp3) is 0.933. The Morgan fingerprint density at radius 3 is 2.47 bits per heavy atom. The van der Waals surface area contributed by atoms with Crippen LogP contribution in [0, 0.1) is 11.3 Å². The van der Waals surface area contributed by atoms with Crippen LogP contribution in [0.5, 0.6) is 0 Å². The molecule has 1 atom stereocenters. The van der Waals surface area contributed by atoms with Crippen LogP contribution < -0.4 is 5.32 Å². The summed E-state index contributed by atoms with van der Waals surface area (Å²) in [6, 6.07) is 0.557. The topological polar surface area (TPSA) is 32.3 Å². The summed E-state index contributed by atoms with van der Waals surface area (Å²) in [5.41, 5.74) is 0.397. The maximum Gasteiger partial charge on any atom is 0.226 e. The average Bonchev–Trinajstić information content (AvgIpc) is 2.85. The first-order valence-corrected chi connectivity index (χ1v) is 7.78. The summed E-state index contributed by atoms with van der Waals surface area (Å²) in [5.74, 6) is 0.839.